The number of nitrogens with one attached hydrogen (secondary N) is 1. The molecule has 0 radical (unpaired) electrons. The average Bonchev–Trinajstić information content (AvgIpc) is 3.38. The average molecular weight is 365 g/mol. The highest BCUT2D eigenvalue weighted by molar-refractivity contribution is 7.08. The van der Waals surface area contributed by atoms with Gasteiger partial charge in [-0.15, -0.1) is 0 Å². The SMILES string of the molecule is CCN1CCN(Cc2ccc3c(c2)Cc2c(-c4ccsc4)n[nH]c2-3)CC1. The molecule has 2 aliphatic rings. The predicted octanol–water partition coefficient (Wildman–Crippen LogP) is 3.85. The fraction of sp³-hybridized carbons (Fsp3) is 0.381. The first-order valence-electron chi connectivity index (χ1n) is 9.48. The van der Waals surface area contributed by atoms with Crippen molar-refractivity contribution in [2.45, 2.75) is 19.9 Å². The summed E-state index contributed by atoms with van der Waals surface area (Å²) in [6.45, 7) is 9.24. The van der Waals surface area contributed by atoms with Gasteiger partial charge in [0, 0.05) is 61.2 Å². The van der Waals surface area contributed by atoms with Crippen LogP contribution in [0.1, 0.15) is 23.6 Å². The first-order chi connectivity index (χ1) is 12.8. The number of piperazine rings is 1. The van der Waals surface area contributed by atoms with Crippen LogP contribution in [0.5, 0.6) is 0 Å². The van der Waals surface area contributed by atoms with Gasteiger partial charge in [0.2, 0.25) is 0 Å². The van der Waals surface area contributed by atoms with Gasteiger partial charge in [0.05, 0.1) is 11.4 Å². The van der Waals surface area contributed by atoms with Crippen LogP contribution >= 0.6 is 11.3 Å². The lowest BCUT2D eigenvalue weighted by Crippen LogP contribution is -2.45. The zero-order valence-corrected chi connectivity index (χ0v) is 16.0. The van der Waals surface area contributed by atoms with Crippen LogP contribution in [0.15, 0.2) is 35.0 Å². The smallest absolute Gasteiger partial charge is 0.0970 e. The van der Waals surface area contributed by atoms with Gasteiger partial charge in [0.1, 0.15) is 0 Å². The van der Waals surface area contributed by atoms with Crippen molar-refractivity contribution in [3.63, 3.8) is 0 Å². The molecule has 0 spiro atoms. The molecular weight excluding hydrogens is 340 g/mol. The Morgan fingerprint density at radius 2 is 1.96 bits per heavy atom. The number of aromatic nitrogens is 2. The van der Waals surface area contributed by atoms with Crippen LogP contribution in [-0.2, 0) is 13.0 Å². The summed E-state index contributed by atoms with van der Waals surface area (Å²) >= 11 is 1.73. The first kappa shape index (κ1) is 16.2. The highest BCUT2D eigenvalue weighted by atomic mass is 32.1. The summed E-state index contributed by atoms with van der Waals surface area (Å²) in [4.78, 5) is 5.12. The number of rotatable bonds is 4. The third kappa shape index (κ3) is 2.80. The number of hydrogen-bond donors (Lipinski definition) is 1. The number of thiophene rings is 1. The Kier molecular flexibility index (Phi) is 4.15. The molecule has 3 heterocycles. The monoisotopic (exact) mass is 364 g/mol. The number of fused-ring (bicyclic) bond motifs is 3. The minimum Gasteiger partial charge on any atom is -0.301 e. The fourth-order valence-electron chi connectivity index (χ4n) is 4.25. The molecule has 1 saturated heterocycles. The van der Waals surface area contributed by atoms with Crippen molar-refractivity contribution >= 4 is 11.3 Å². The summed E-state index contributed by atoms with van der Waals surface area (Å²) in [5.74, 6) is 0. The molecule has 1 N–H and O–H groups in total. The summed E-state index contributed by atoms with van der Waals surface area (Å²) in [5, 5.41) is 12.2. The van der Waals surface area contributed by atoms with E-state index in [1.807, 2.05) is 0 Å². The summed E-state index contributed by atoms with van der Waals surface area (Å²) in [6, 6.07) is 9.15. The highest BCUT2D eigenvalue weighted by Gasteiger charge is 2.25. The molecule has 1 aliphatic heterocycles. The molecule has 0 bridgehead atoms. The maximum Gasteiger partial charge on any atom is 0.0970 e. The van der Waals surface area contributed by atoms with E-state index in [4.69, 9.17) is 0 Å². The van der Waals surface area contributed by atoms with E-state index in [0.29, 0.717) is 0 Å². The van der Waals surface area contributed by atoms with Gasteiger partial charge in [0.25, 0.3) is 0 Å². The van der Waals surface area contributed by atoms with Crippen LogP contribution in [0.3, 0.4) is 0 Å². The maximum absolute atomic E-state index is 4.58. The molecular formula is C21H24N4S. The third-order valence-electron chi connectivity index (χ3n) is 5.79. The second-order valence-electron chi connectivity index (χ2n) is 7.32. The van der Waals surface area contributed by atoms with Crippen molar-refractivity contribution in [3.05, 3.63) is 51.7 Å². The molecule has 0 atom stereocenters. The van der Waals surface area contributed by atoms with Crippen LogP contribution < -0.4 is 0 Å². The Bertz CT molecular complexity index is 904. The molecule has 0 unspecified atom stereocenters. The second kappa shape index (κ2) is 6.65. The number of nitrogens with zero attached hydrogens (tertiary/aromatic N) is 3. The van der Waals surface area contributed by atoms with E-state index in [1.165, 1.54) is 66.2 Å². The van der Waals surface area contributed by atoms with Gasteiger partial charge >= 0.3 is 0 Å². The predicted molar refractivity (Wildman–Crippen MR) is 108 cm³/mol. The number of likely N-dealkylation sites (N-methyl/N-ethyl adjacent to an activating group) is 1. The zero-order valence-electron chi connectivity index (χ0n) is 15.2. The van der Waals surface area contributed by atoms with E-state index in [0.717, 1.165) is 18.7 Å². The van der Waals surface area contributed by atoms with Gasteiger partial charge in [-0.05, 0) is 29.1 Å². The van der Waals surface area contributed by atoms with Crippen LogP contribution in [0.25, 0.3) is 22.5 Å². The quantitative estimate of drug-likeness (QED) is 0.597. The summed E-state index contributed by atoms with van der Waals surface area (Å²) < 4.78 is 0. The van der Waals surface area contributed by atoms with Gasteiger partial charge < -0.3 is 4.90 Å². The molecule has 26 heavy (non-hydrogen) atoms. The van der Waals surface area contributed by atoms with Crippen molar-refractivity contribution in [3.8, 4) is 22.5 Å². The lowest BCUT2D eigenvalue weighted by atomic mass is 10.0. The van der Waals surface area contributed by atoms with Crippen LogP contribution in [0.4, 0.5) is 0 Å². The highest BCUT2D eigenvalue weighted by Crippen LogP contribution is 2.40. The Labute approximate surface area is 158 Å². The first-order valence-corrected chi connectivity index (χ1v) is 10.4. The molecule has 1 fully saturated rings. The molecule has 4 nitrogen and oxygen atoms in total. The molecule has 2 aromatic heterocycles. The molecule has 3 aromatic rings. The standard InChI is InChI=1S/C21H24N4S/c1-2-24-6-8-25(9-7-24)13-15-3-4-18-17(11-15)12-19-20(22-23-21(18)19)16-5-10-26-14-16/h3-5,10-11,14H,2,6-9,12-13H2,1H3,(H,22,23). The Morgan fingerprint density at radius 3 is 2.73 bits per heavy atom. The van der Waals surface area contributed by atoms with Gasteiger partial charge in [-0.2, -0.15) is 16.4 Å². The molecule has 5 rings (SSSR count). The Balaban J connectivity index is 1.35. The second-order valence-corrected chi connectivity index (χ2v) is 8.10. The van der Waals surface area contributed by atoms with Gasteiger partial charge in [-0.3, -0.25) is 10.00 Å². The van der Waals surface area contributed by atoms with Crippen LogP contribution in [-0.4, -0.2) is 52.7 Å². The van der Waals surface area contributed by atoms with E-state index >= 15 is 0 Å². The summed E-state index contributed by atoms with van der Waals surface area (Å²) in [5.41, 5.74) is 9.12. The Morgan fingerprint density at radius 1 is 1.12 bits per heavy atom. The van der Waals surface area contributed by atoms with Crippen molar-refractivity contribution in [2.75, 3.05) is 32.7 Å². The van der Waals surface area contributed by atoms with Crippen molar-refractivity contribution < 1.29 is 0 Å². The fourth-order valence-corrected chi connectivity index (χ4v) is 4.89. The lowest BCUT2D eigenvalue weighted by molar-refractivity contribution is 0.132. The maximum atomic E-state index is 4.58. The van der Waals surface area contributed by atoms with Crippen molar-refractivity contribution in [1.82, 2.24) is 20.0 Å². The lowest BCUT2D eigenvalue weighted by Gasteiger charge is -2.34. The summed E-state index contributed by atoms with van der Waals surface area (Å²) in [7, 11) is 0. The molecule has 134 valence electrons. The molecule has 5 heteroatoms. The normalized spacial score (nSPS) is 17.4. The molecule has 1 aromatic carbocycles. The van der Waals surface area contributed by atoms with E-state index < -0.39 is 0 Å². The number of aromatic amines is 1. The minimum absolute atomic E-state index is 0.990. The third-order valence-corrected chi connectivity index (χ3v) is 6.47. The zero-order chi connectivity index (χ0) is 17.5. The van der Waals surface area contributed by atoms with E-state index in [2.05, 4.69) is 61.9 Å². The van der Waals surface area contributed by atoms with Gasteiger partial charge in [-0.25, -0.2) is 0 Å². The largest absolute Gasteiger partial charge is 0.301 e. The van der Waals surface area contributed by atoms with Crippen LogP contribution in [0, 0.1) is 0 Å². The summed E-state index contributed by atoms with van der Waals surface area (Å²) in [6.07, 6.45) is 0.990. The topological polar surface area (TPSA) is 35.2 Å². The van der Waals surface area contributed by atoms with E-state index in [1.54, 1.807) is 11.3 Å². The number of benzene rings is 1. The van der Waals surface area contributed by atoms with Crippen LogP contribution in [0.2, 0.25) is 0 Å². The van der Waals surface area contributed by atoms with Crippen molar-refractivity contribution in [2.24, 2.45) is 0 Å². The number of H-pyrrole nitrogens is 1. The van der Waals surface area contributed by atoms with Crippen molar-refractivity contribution in [1.29, 1.82) is 0 Å². The molecule has 1 aliphatic carbocycles. The number of hydrogen-bond acceptors (Lipinski definition) is 4. The Hall–Kier alpha value is -1.95. The van der Waals surface area contributed by atoms with E-state index in [-0.39, 0.29) is 0 Å². The van der Waals surface area contributed by atoms with E-state index in [9.17, 15) is 0 Å². The molecule has 0 amide bonds. The molecule has 0 saturated carbocycles. The van der Waals surface area contributed by atoms with Gasteiger partial charge in [-0.1, -0.05) is 25.1 Å². The minimum atomic E-state index is 0.990. The van der Waals surface area contributed by atoms with Gasteiger partial charge in [0.15, 0.2) is 0 Å².